The van der Waals surface area contributed by atoms with Crippen molar-refractivity contribution in [3.8, 4) is 0 Å². The van der Waals surface area contributed by atoms with Crippen LogP contribution in [0.3, 0.4) is 0 Å². The van der Waals surface area contributed by atoms with Crippen molar-refractivity contribution in [2.75, 3.05) is 11.9 Å². The van der Waals surface area contributed by atoms with Gasteiger partial charge in [-0.2, -0.15) is 0 Å². The molecule has 0 aromatic heterocycles. The third-order valence-electron chi connectivity index (χ3n) is 3.11. The van der Waals surface area contributed by atoms with Crippen LogP contribution >= 0.6 is 0 Å². The molecule has 1 amide bonds. The van der Waals surface area contributed by atoms with E-state index in [1.165, 1.54) is 12.1 Å². The van der Waals surface area contributed by atoms with Gasteiger partial charge in [-0.3, -0.25) is 14.9 Å². The Morgan fingerprint density at radius 2 is 1.76 bits per heavy atom. The molecule has 2 rings (SSSR count). The predicted molar refractivity (Wildman–Crippen MR) is 80.0 cm³/mol. The highest BCUT2D eigenvalue weighted by molar-refractivity contribution is 5.97. The Balaban J connectivity index is 2.23. The van der Waals surface area contributed by atoms with E-state index in [-0.39, 0.29) is 23.8 Å². The van der Waals surface area contributed by atoms with Gasteiger partial charge in [0, 0.05) is 12.6 Å². The van der Waals surface area contributed by atoms with Crippen molar-refractivity contribution in [3.05, 3.63) is 70.3 Å². The van der Waals surface area contributed by atoms with Gasteiger partial charge in [-0.25, -0.2) is 0 Å². The molecule has 3 N–H and O–H groups in total. The molecule has 0 saturated carbocycles. The van der Waals surface area contributed by atoms with Gasteiger partial charge in [0.1, 0.15) is 5.69 Å². The Kier molecular flexibility index (Phi) is 4.63. The van der Waals surface area contributed by atoms with Gasteiger partial charge in [-0.1, -0.05) is 42.5 Å². The molecule has 108 valence electrons. The zero-order chi connectivity index (χ0) is 15.2. The molecule has 1 atom stereocenters. The SMILES string of the molecule is NCC(C(=O)Nc1ccccc1[N+](=O)[O-])c1ccccc1. The lowest BCUT2D eigenvalue weighted by Gasteiger charge is -2.15. The fourth-order valence-electron chi connectivity index (χ4n) is 2.04. The molecule has 0 aliphatic carbocycles. The van der Waals surface area contributed by atoms with Gasteiger partial charge in [0.15, 0.2) is 0 Å². The Morgan fingerprint density at radius 3 is 2.38 bits per heavy atom. The van der Waals surface area contributed by atoms with E-state index < -0.39 is 10.8 Å². The van der Waals surface area contributed by atoms with Gasteiger partial charge >= 0.3 is 0 Å². The lowest BCUT2D eigenvalue weighted by atomic mass is 9.98. The van der Waals surface area contributed by atoms with Crippen LogP contribution in [0.4, 0.5) is 11.4 Å². The Morgan fingerprint density at radius 1 is 1.14 bits per heavy atom. The number of carbonyl (C=O) groups excluding carboxylic acids is 1. The maximum atomic E-state index is 12.3. The maximum absolute atomic E-state index is 12.3. The number of nitro benzene ring substituents is 1. The second-order valence-electron chi connectivity index (χ2n) is 4.46. The van der Waals surface area contributed by atoms with Crippen molar-refractivity contribution in [2.45, 2.75) is 5.92 Å². The van der Waals surface area contributed by atoms with Crippen LogP contribution in [-0.4, -0.2) is 17.4 Å². The third kappa shape index (κ3) is 3.43. The monoisotopic (exact) mass is 285 g/mol. The molecule has 0 radical (unpaired) electrons. The number of nitrogens with one attached hydrogen (secondary N) is 1. The summed E-state index contributed by atoms with van der Waals surface area (Å²) in [6.07, 6.45) is 0. The van der Waals surface area contributed by atoms with Crippen molar-refractivity contribution < 1.29 is 9.72 Å². The molecule has 6 nitrogen and oxygen atoms in total. The Labute approximate surface area is 121 Å². The van der Waals surface area contributed by atoms with Crippen molar-refractivity contribution in [1.29, 1.82) is 0 Å². The highest BCUT2D eigenvalue weighted by atomic mass is 16.6. The summed E-state index contributed by atoms with van der Waals surface area (Å²) in [6, 6.07) is 15.1. The number of amides is 1. The average molecular weight is 285 g/mol. The van der Waals surface area contributed by atoms with Gasteiger partial charge in [-0.15, -0.1) is 0 Å². The summed E-state index contributed by atoms with van der Waals surface area (Å²) in [5.74, 6) is -0.913. The molecule has 0 spiro atoms. The second-order valence-corrected chi connectivity index (χ2v) is 4.46. The third-order valence-corrected chi connectivity index (χ3v) is 3.11. The first-order valence-corrected chi connectivity index (χ1v) is 6.42. The number of benzene rings is 2. The molecule has 6 heteroatoms. The normalized spacial score (nSPS) is 11.7. The molecule has 21 heavy (non-hydrogen) atoms. The second kappa shape index (κ2) is 6.62. The zero-order valence-electron chi connectivity index (χ0n) is 11.2. The van der Waals surface area contributed by atoms with E-state index >= 15 is 0 Å². The number of hydrogen-bond acceptors (Lipinski definition) is 4. The molecule has 2 aromatic rings. The number of para-hydroxylation sites is 2. The Bertz CT molecular complexity index is 644. The van der Waals surface area contributed by atoms with E-state index in [1.807, 2.05) is 18.2 Å². The molecule has 2 aromatic carbocycles. The molecule has 0 aliphatic rings. The highest BCUT2D eigenvalue weighted by Crippen LogP contribution is 2.25. The molecule has 0 saturated heterocycles. The lowest BCUT2D eigenvalue weighted by molar-refractivity contribution is -0.383. The van der Waals surface area contributed by atoms with E-state index in [0.29, 0.717) is 0 Å². The number of rotatable bonds is 5. The van der Waals surface area contributed by atoms with Gasteiger partial charge in [0.2, 0.25) is 5.91 Å². The van der Waals surface area contributed by atoms with E-state index in [0.717, 1.165) is 5.56 Å². The molecular weight excluding hydrogens is 270 g/mol. The number of nitrogens with two attached hydrogens (primary N) is 1. The number of nitro groups is 1. The molecule has 0 heterocycles. The van der Waals surface area contributed by atoms with Crippen LogP contribution in [-0.2, 0) is 4.79 Å². The zero-order valence-corrected chi connectivity index (χ0v) is 11.2. The molecular formula is C15H15N3O3. The van der Waals surface area contributed by atoms with E-state index in [4.69, 9.17) is 5.73 Å². The lowest BCUT2D eigenvalue weighted by Crippen LogP contribution is -2.27. The fraction of sp³-hybridized carbons (Fsp3) is 0.133. The maximum Gasteiger partial charge on any atom is 0.292 e. The van der Waals surface area contributed by atoms with Crippen molar-refractivity contribution >= 4 is 17.3 Å². The standard InChI is InChI=1S/C15H15N3O3/c16-10-12(11-6-2-1-3-7-11)15(19)17-13-8-4-5-9-14(13)18(20)21/h1-9,12H,10,16H2,(H,17,19). The van der Waals surface area contributed by atoms with Crippen molar-refractivity contribution in [3.63, 3.8) is 0 Å². The number of nitrogens with zero attached hydrogens (tertiary/aromatic N) is 1. The van der Waals surface area contributed by atoms with Crippen LogP contribution in [0, 0.1) is 10.1 Å². The van der Waals surface area contributed by atoms with E-state index in [9.17, 15) is 14.9 Å². The fourth-order valence-corrected chi connectivity index (χ4v) is 2.04. The van der Waals surface area contributed by atoms with Crippen molar-refractivity contribution in [1.82, 2.24) is 0 Å². The number of carbonyl (C=O) groups is 1. The molecule has 1 unspecified atom stereocenters. The van der Waals surface area contributed by atoms with Crippen LogP contribution < -0.4 is 11.1 Å². The minimum absolute atomic E-state index is 0.122. The van der Waals surface area contributed by atoms with Crippen molar-refractivity contribution in [2.24, 2.45) is 5.73 Å². The summed E-state index contributed by atoms with van der Waals surface area (Å²) in [6.45, 7) is 0.122. The largest absolute Gasteiger partial charge is 0.329 e. The molecule has 0 bridgehead atoms. The summed E-state index contributed by atoms with van der Waals surface area (Å²) in [4.78, 5) is 22.7. The number of hydrogen-bond donors (Lipinski definition) is 2. The van der Waals surface area contributed by atoms with Crippen LogP contribution in [0.5, 0.6) is 0 Å². The Hall–Kier alpha value is -2.73. The van der Waals surface area contributed by atoms with Gasteiger partial charge < -0.3 is 11.1 Å². The van der Waals surface area contributed by atoms with Crippen LogP contribution in [0.1, 0.15) is 11.5 Å². The quantitative estimate of drug-likeness (QED) is 0.650. The highest BCUT2D eigenvalue weighted by Gasteiger charge is 2.22. The first-order chi connectivity index (χ1) is 10.1. The minimum atomic E-state index is -0.550. The summed E-state index contributed by atoms with van der Waals surface area (Å²) in [5.41, 5.74) is 6.46. The molecule has 0 aliphatic heterocycles. The van der Waals surface area contributed by atoms with E-state index in [1.54, 1.807) is 24.3 Å². The summed E-state index contributed by atoms with van der Waals surface area (Å²) < 4.78 is 0. The summed E-state index contributed by atoms with van der Waals surface area (Å²) in [5, 5.41) is 13.5. The summed E-state index contributed by atoms with van der Waals surface area (Å²) in [7, 11) is 0. The number of anilines is 1. The first-order valence-electron chi connectivity index (χ1n) is 6.42. The minimum Gasteiger partial charge on any atom is -0.329 e. The van der Waals surface area contributed by atoms with Crippen LogP contribution in [0.15, 0.2) is 54.6 Å². The van der Waals surface area contributed by atoms with E-state index in [2.05, 4.69) is 5.32 Å². The average Bonchev–Trinajstić information content (AvgIpc) is 2.49. The predicted octanol–water partition coefficient (Wildman–Crippen LogP) is 2.28. The van der Waals surface area contributed by atoms with Gasteiger partial charge in [0.05, 0.1) is 10.8 Å². The summed E-state index contributed by atoms with van der Waals surface area (Å²) >= 11 is 0. The topological polar surface area (TPSA) is 98.3 Å². The van der Waals surface area contributed by atoms with Crippen LogP contribution in [0.2, 0.25) is 0 Å². The van der Waals surface area contributed by atoms with Crippen LogP contribution in [0.25, 0.3) is 0 Å². The smallest absolute Gasteiger partial charge is 0.292 e. The first kappa shape index (κ1) is 14.7. The van der Waals surface area contributed by atoms with Gasteiger partial charge in [0.25, 0.3) is 5.69 Å². The molecule has 0 fully saturated rings. The van der Waals surface area contributed by atoms with Gasteiger partial charge in [-0.05, 0) is 11.6 Å².